The molecule has 2 rings (SSSR count). The van der Waals surface area contributed by atoms with Gasteiger partial charge in [-0.05, 0) is 23.6 Å². The third kappa shape index (κ3) is 4.58. The molecule has 0 unspecified atom stereocenters. The van der Waals surface area contributed by atoms with Crippen molar-refractivity contribution in [2.45, 2.75) is 14.7 Å². The van der Waals surface area contributed by atoms with Gasteiger partial charge in [-0.3, -0.25) is 13.7 Å². The number of benzene rings is 2. The third-order valence-electron chi connectivity index (χ3n) is 2.74. The Kier molecular flexibility index (Phi) is 6.20. The zero-order valence-electron chi connectivity index (χ0n) is 10.4. The molecule has 0 heterocycles. The summed E-state index contributed by atoms with van der Waals surface area (Å²) in [5.74, 6) is 0. The van der Waals surface area contributed by atoms with E-state index in [2.05, 4.69) is 0 Å². The van der Waals surface area contributed by atoms with Crippen LogP contribution in [0, 0.1) is 0 Å². The predicted molar refractivity (Wildman–Crippen MR) is 80.5 cm³/mol. The molecule has 3 N–H and O–H groups in total. The average molecular weight is 408 g/mol. The second kappa shape index (κ2) is 6.76. The molecule has 0 aliphatic heterocycles. The Balaban J connectivity index is 0.00000264. The Morgan fingerprint density at radius 1 is 0.696 bits per heavy atom. The molecular weight excluding hydrogens is 399 g/mol. The van der Waals surface area contributed by atoms with Crippen molar-refractivity contribution in [2.24, 2.45) is 0 Å². The van der Waals surface area contributed by atoms with Crippen LogP contribution in [0.5, 0.6) is 0 Å². The zero-order valence-corrected chi connectivity index (χ0v) is 12.9. The van der Waals surface area contributed by atoms with E-state index in [1.807, 2.05) is 0 Å². The molecule has 0 atom stereocenters. The van der Waals surface area contributed by atoms with Crippen LogP contribution < -0.4 is 0 Å². The second-order valence-electron chi connectivity index (χ2n) is 4.20. The van der Waals surface area contributed by atoms with Gasteiger partial charge in [-0.15, -0.1) is 0 Å². The van der Waals surface area contributed by atoms with Gasteiger partial charge in [0, 0.05) is 5.39 Å². The Hall–Kier alpha value is 0.0664. The Bertz CT molecular complexity index is 1090. The summed E-state index contributed by atoms with van der Waals surface area (Å²) in [6.45, 7) is 0. The van der Waals surface area contributed by atoms with Crippen LogP contribution in [0.3, 0.4) is 0 Å². The molecule has 2 aromatic rings. The van der Waals surface area contributed by atoms with Crippen LogP contribution in [0.2, 0.25) is 0 Å². The van der Waals surface area contributed by atoms with Crippen molar-refractivity contribution in [3.63, 3.8) is 0 Å². The normalized spacial score (nSPS) is 12.8. The maximum absolute atomic E-state index is 11.4. The SMILES string of the molecule is O=S(=O)(O)c1ccc2c(S(=O)(=O)O)c(S(=O)(=O)O)ccc2c1.[KH]. The summed E-state index contributed by atoms with van der Waals surface area (Å²) in [5.41, 5.74) is 0. The number of hydrogen-bond donors (Lipinski definition) is 3. The second-order valence-corrected chi connectivity index (χ2v) is 8.37. The van der Waals surface area contributed by atoms with Crippen LogP contribution in [-0.2, 0) is 30.4 Å². The van der Waals surface area contributed by atoms with Gasteiger partial charge >= 0.3 is 51.4 Å². The fourth-order valence-electron chi connectivity index (χ4n) is 1.89. The molecule has 0 amide bonds. The first kappa shape index (κ1) is 21.1. The molecule has 0 bridgehead atoms. The van der Waals surface area contributed by atoms with Crippen LogP contribution >= 0.6 is 0 Å². The van der Waals surface area contributed by atoms with E-state index in [4.69, 9.17) is 9.11 Å². The topological polar surface area (TPSA) is 163 Å². The van der Waals surface area contributed by atoms with E-state index in [9.17, 15) is 29.8 Å². The van der Waals surface area contributed by atoms with Gasteiger partial charge in [0.25, 0.3) is 30.4 Å². The van der Waals surface area contributed by atoms with Gasteiger partial charge in [-0.1, -0.05) is 12.1 Å². The summed E-state index contributed by atoms with van der Waals surface area (Å²) in [7, 11) is -14.6. The van der Waals surface area contributed by atoms with Crippen LogP contribution in [0.25, 0.3) is 10.8 Å². The first-order valence-electron chi connectivity index (χ1n) is 5.31. The van der Waals surface area contributed by atoms with Crippen molar-refractivity contribution in [3.05, 3.63) is 30.3 Å². The van der Waals surface area contributed by atoms with Crippen LogP contribution in [-0.4, -0.2) is 90.3 Å². The summed E-state index contributed by atoms with van der Waals surface area (Å²) in [6.07, 6.45) is 0. The van der Waals surface area contributed by atoms with Crippen molar-refractivity contribution in [1.29, 1.82) is 0 Å². The summed E-state index contributed by atoms with van der Waals surface area (Å²) in [4.78, 5) is -2.70. The predicted octanol–water partition coefficient (Wildman–Crippen LogP) is -0.0686. The van der Waals surface area contributed by atoms with Crippen LogP contribution in [0.1, 0.15) is 0 Å². The van der Waals surface area contributed by atoms with Crippen molar-refractivity contribution in [2.75, 3.05) is 0 Å². The van der Waals surface area contributed by atoms with Crippen molar-refractivity contribution < 1.29 is 38.9 Å². The molecule has 0 saturated carbocycles. The van der Waals surface area contributed by atoms with E-state index in [0.717, 1.165) is 24.3 Å². The van der Waals surface area contributed by atoms with Crippen molar-refractivity contribution in [3.8, 4) is 0 Å². The molecule has 122 valence electrons. The summed E-state index contributed by atoms with van der Waals surface area (Å²) >= 11 is 0. The molecule has 13 heteroatoms. The van der Waals surface area contributed by atoms with E-state index in [-0.39, 0.29) is 62.2 Å². The molecule has 0 spiro atoms. The fourth-order valence-corrected chi connectivity index (χ4v) is 4.41. The molecule has 9 nitrogen and oxygen atoms in total. The molecule has 0 aliphatic rings. The summed E-state index contributed by atoms with van der Waals surface area (Å²) in [5, 5.41) is -0.430. The Morgan fingerprint density at radius 2 is 1.26 bits per heavy atom. The van der Waals surface area contributed by atoms with E-state index < -0.39 is 45.0 Å². The molecule has 0 radical (unpaired) electrons. The quantitative estimate of drug-likeness (QED) is 0.466. The van der Waals surface area contributed by atoms with E-state index in [1.54, 1.807) is 0 Å². The summed E-state index contributed by atoms with van der Waals surface area (Å²) in [6, 6.07) is 4.29. The number of rotatable bonds is 3. The zero-order chi connectivity index (χ0) is 16.9. The van der Waals surface area contributed by atoms with Gasteiger partial charge in [0.05, 0.1) is 4.90 Å². The fraction of sp³-hybridized carbons (Fsp3) is 0. The van der Waals surface area contributed by atoms with Gasteiger partial charge < -0.3 is 0 Å². The Morgan fingerprint density at radius 3 is 1.70 bits per heavy atom. The standard InChI is InChI=1S/C10H8O9S3.K.H/c11-20(12,13)7-2-3-8-6(5-7)1-4-9(21(14,15)16)10(8)22(17,18)19;;/h1-5H,(H,11,12,13)(H,14,15,16)(H,17,18,19);;. The first-order valence-corrected chi connectivity index (χ1v) is 9.63. The van der Waals surface area contributed by atoms with E-state index in [1.165, 1.54) is 0 Å². The van der Waals surface area contributed by atoms with Crippen molar-refractivity contribution >= 4 is 92.5 Å². The maximum atomic E-state index is 11.4. The molecule has 0 aromatic heterocycles. The van der Waals surface area contributed by atoms with Gasteiger partial charge in [-0.25, -0.2) is 0 Å². The van der Waals surface area contributed by atoms with Crippen LogP contribution in [0.4, 0.5) is 0 Å². The van der Waals surface area contributed by atoms with Gasteiger partial charge in [0.15, 0.2) is 0 Å². The van der Waals surface area contributed by atoms with Gasteiger partial charge in [0.1, 0.15) is 9.79 Å². The van der Waals surface area contributed by atoms with Gasteiger partial charge in [-0.2, -0.15) is 25.3 Å². The first-order chi connectivity index (χ1) is 9.82. The molecule has 2 aromatic carbocycles. The summed E-state index contributed by atoms with van der Waals surface area (Å²) < 4.78 is 94.5. The molecule has 23 heavy (non-hydrogen) atoms. The van der Waals surface area contributed by atoms with E-state index >= 15 is 0 Å². The van der Waals surface area contributed by atoms with Crippen molar-refractivity contribution in [1.82, 2.24) is 0 Å². The minimum absolute atomic E-state index is 0. The molecular formula is C10H9KO9S3. The minimum atomic E-state index is -5.04. The molecule has 0 aliphatic carbocycles. The monoisotopic (exact) mass is 408 g/mol. The van der Waals surface area contributed by atoms with Crippen LogP contribution in [0.15, 0.2) is 45.0 Å². The Labute approximate surface area is 174 Å². The van der Waals surface area contributed by atoms with Gasteiger partial charge in [0.2, 0.25) is 0 Å². The van der Waals surface area contributed by atoms with E-state index in [0.29, 0.717) is 6.07 Å². The third-order valence-corrected chi connectivity index (χ3v) is 5.57. The number of hydrogen-bond acceptors (Lipinski definition) is 6. The number of fused-ring (bicyclic) bond motifs is 1. The molecule has 0 saturated heterocycles. The average Bonchev–Trinajstić information content (AvgIpc) is 2.33. The molecule has 0 fully saturated rings.